The van der Waals surface area contributed by atoms with Crippen LogP contribution in [0.25, 0.3) is 10.1 Å². The van der Waals surface area contributed by atoms with Gasteiger partial charge in [-0.15, -0.1) is 11.3 Å². The molecule has 1 heterocycles. The number of benzene rings is 1. The zero-order valence-electron chi connectivity index (χ0n) is 10.5. The number of fused-ring (bicyclic) bond motifs is 1. The van der Waals surface area contributed by atoms with Crippen molar-refractivity contribution in [3.05, 3.63) is 34.2 Å². The molecule has 0 aliphatic rings. The maximum absolute atomic E-state index is 11.3. The van der Waals surface area contributed by atoms with E-state index in [1.54, 1.807) is 11.3 Å². The van der Waals surface area contributed by atoms with Gasteiger partial charge in [0, 0.05) is 15.0 Å². The van der Waals surface area contributed by atoms with Gasteiger partial charge in [0.05, 0.1) is 5.56 Å². The van der Waals surface area contributed by atoms with Crippen LogP contribution in [0.4, 0.5) is 0 Å². The number of aryl methyl sites for hydroxylation is 1. The van der Waals surface area contributed by atoms with Crippen molar-refractivity contribution in [2.24, 2.45) is 0 Å². The quantitative estimate of drug-likeness (QED) is 0.821. The van der Waals surface area contributed by atoms with Gasteiger partial charge in [0.2, 0.25) is 0 Å². The Morgan fingerprint density at radius 1 is 1.29 bits per heavy atom. The molecule has 0 bridgehead atoms. The summed E-state index contributed by atoms with van der Waals surface area (Å²) in [5.74, 6) is -0.834. The first-order valence-electron chi connectivity index (χ1n) is 5.57. The Bertz CT molecular complexity index is 588. The van der Waals surface area contributed by atoms with Crippen molar-refractivity contribution in [3.63, 3.8) is 0 Å². The molecule has 0 aliphatic heterocycles. The summed E-state index contributed by atoms with van der Waals surface area (Å²) in [6.07, 6.45) is 0. The van der Waals surface area contributed by atoms with Crippen LogP contribution in [-0.4, -0.2) is 11.1 Å². The van der Waals surface area contributed by atoms with E-state index in [4.69, 9.17) is 0 Å². The first-order valence-corrected chi connectivity index (χ1v) is 6.39. The van der Waals surface area contributed by atoms with E-state index >= 15 is 0 Å². The maximum atomic E-state index is 11.3. The van der Waals surface area contributed by atoms with Crippen LogP contribution >= 0.6 is 11.3 Å². The van der Waals surface area contributed by atoms with E-state index in [1.807, 2.05) is 19.1 Å². The van der Waals surface area contributed by atoms with Crippen molar-refractivity contribution in [1.82, 2.24) is 0 Å². The number of carbonyl (C=O) groups is 1. The monoisotopic (exact) mass is 248 g/mol. The minimum absolute atomic E-state index is 0.0415. The molecule has 1 aromatic carbocycles. The van der Waals surface area contributed by atoms with Crippen LogP contribution in [0.15, 0.2) is 18.2 Å². The predicted molar refractivity (Wildman–Crippen MR) is 72.2 cm³/mol. The summed E-state index contributed by atoms with van der Waals surface area (Å²) < 4.78 is 1.05. The molecule has 2 aromatic rings. The smallest absolute Gasteiger partial charge is 0.337 e. The molecule has 90 valence electrons. The Labute approximate surface area is 105 Å². The van der Waals surface area contributed by atoms with Crippen molar-refractivity contribution >= 4 is 27.4 Å². The summed E-state index contributed by atoms with van der Waals surface area (Å²) >= 11 is 1.55. The van der Waals surface area contributed by atoms with Crippen molar-refractivity contribution in [2.45, 2.75) is 33.1 Å². The highest BCUT2D eigenvalue weighted by atomic mass is 32.1. The van der Waals surface area contributed by atoms with Crippen LogP contribution in [0.2, 0.25) is 0 Å². The summed E-state index contributed by atoms with van der Waals surface area (Å²) in [6, 6.07) is 6.13. The fourth-order valence-electron chi connectivity index (χ4n) is 1.95. The van der Waals surface area contributed by atoms with Gasteiger partial charge in [-0.1, -0.05) is 26.8 Å². The number of rotatable bonds is 1. The Kier molecular flexibility index (Phi) is 2.74. The van der Waals surface area contributed by atoms with Crippen LogP contribution < -0.4 is 0 Å². The molecule has 0 fully saturated rings. The average molecular weight is 248 g/mol. The van der Waals surface area contributed by atoms with Crippen molar-refractivity contribution in [2.75, 3.05) is 0 Å². The molecule has 3 heteroatoms. The molecule has 0 amide bonds. The van der Waals surface area contributed by atoms with Gasteiger partial charge in [-0.3, -0.25) is 0 Å². The standard InChI is InChI=1S/C14H16O2S/c1-8-12(13(15)16)10-7-9(14(2,3)4)5-6-11(10)17-8/h5-7H,1-4H3,(H,15,16). The summed E-state index contributed by atoms with van der Waals surface area (Å²) in [7, 11) is 0. The van der Waals surface area contributed by atoms with Gasteiger partial charge in [0.25, 0.3) is 0 Å². The SMILES string of the molecule is Cc1sc2ccc(C(C)(C)C)cc2c1C(=O)O. The van der Waals surface area contributed by atoms with E-state index in [9.17, 15) is 9.90 Å². The molecule has 1 N–H and O–H groups in total. The number of carboxylic acid groups (broad SMARTS) is 1. The van der Waals surface area contributed by atoms with Crippen molar-refractivity contribution in [3.8, 4) is 0 Å². The summed E-state index contributed by atoms with van der Waals surface area (Å²) in [5.41, 5.74) is 1.67. The number of thiophene rings is 1. The van der Waals surface area contributed by atoms with E-state index in [1.165, 1.54) is 5.56 Å². The second-order valence-electron chi connectivity index (χ2n) is 5.30. The van der Waals surface area contributed by atoms with Gasteiger partial charge in [-0.25, -0.2) is 4.79 Å². The van der Waals surface area contributed by atoms with Crippen LogP contribution in [0, 0.1) is 6.92 Å². The fraction of sp³-hybridized carbons (Fsp3) is 0.357. The second-order valence-corrected chi connectivity index (χ2v) is 6.56. The predicted octanol–water partition coefficient (Wildman–Crippen LogP) is 4.21. The van der Waals surface area contributed by atoms with Crippen LogP contribution in [-0.2, 0) is 5.41 Å². The first kappa shape index (κ1) is 12.1. The number of aromatic carboxylic acids is 1. The Morgan fingerprint density at radius 3 is 2.47 bits per heavy atom. The molecule has 2 rings (SSSR count). The molecular weight excluding hydrogens is 232 g/mol. The summed E-state index contributed by atoms with van der Waals surface area (Å²) in [4.78, 5) is 12.1. The van der Waals surface area contributed by atoms with E-state index in [-0.39, 0.29) is 5.41 Å². The van der Waals surface area contributed by atoms with Crippen molar-refractivity contribution < 1.29 is 9.90 Å². The number of hydrogen-bond acceptors (Lipinski definition) is 2. The van der Waals surface area contributed by atoms with E-state index in [0.717, 1.165) is 15.0 Å². The topological polar surface area (TPSA) is 37.3 Å². The highest BCUT2D eigenvalue weighted by Crippen LogP contribution is 2.34. The van der Waals surface area contributed by atoms with Gasteiger partial charge in [0.1, 0.15) is 0 Å². The molecule has 0 saturated carbocycles. The maximum Gasteiger partial charge on any atom is 0.337 e. The Balaban J connectivity index is 2.75. The molecule has 0 radical (unpaired) electrons. The molecule has 2 nitrogen and oxygen atoms in total. The lowest BCUT2D eigenvalue weighted by atomic mass is 9.86. The van der Waals surface area contributed by atoms with Gasteiger partial charge in [0.15, 0.2) is 0 Å². The lowest BCUT2D eigenvalue weighted by Gasteiger charge is -2.18. The molecule has 0 spiro atoms. The van der Waals surface area contributed by atoms with Crippen LogP contribution in [0.1, 0.15) is 41.6 Å². The lowest BCUT2D eigenvalue weighted by molar-refractivity contribution is 0.0699. The Morgan fingerprint density at radius 2 is 1.94 bits per heavy atom. The zero-order valence-corrected chi connectivity index (χ0v) is 11.3. The third-order valence-electron chi connectivity index (χ3n) is 2.94. The minimum atomic E-state index is -0.834. The fourth-order valence-corrected chi connectivity index (χ4v) is 2.99. The third kappa shape index (κ3) is 2.07. The highest BCUT2D eigenvalue weighted by Gasteiger charge is 2.19. The van der Waals surface area contributed by atoms with Crippen LogP contribution in [0.3, 0.4) is 0 Å². The molecular formula is C14H16O2S. The normalized spacial score (nSPS) is 12.0. The second kappa shape index (κ2) is 3.84. The molecule has 0 unspecified atom stereocenters. The van der Waals surface area contributed by atoms with E-state index in [0.29, 0.717) is 5.56 Å². The number of carboxylic acids is 1. The highest BCUT2D eigenvalue weighted by molar-refractivity contribution is 7.19. The lowest BCUT2D eigenvalue weighted by Crippen LogP contribution is -2.10. The van der Waals surface area contributed by atoms with E-state index in [2.05, 4.69) is 26.8 Å². The van der Waals surface area contributed by atoms with Crippen molar-refractivity contribution in [1.29, 1.82) is 0 Å². The summed E-state index contributed by atoms with van der Waals surface area (Å²) in [5, 5.41) is 10.1. The largest absolute Gasteiger partial charge is 0.478 e. The van der Waals surface area contributed by atoms with Gasteiger partial charge < -0.3 is 5.11 Å². The van der Waals surface area contributed by atoms with Gasteiger partial charge in [-0.2, -0.15) is 0 Å². The molecule has 0 aliphatic carbocycles. The van der Waals surface area contributed by atoms with E-state index < -0.39 is 5.97 Å². The first-order chi connectivity index (χ1) is 7.80. The minimum Gasteiger partial charge on any atom is -0.478 e. The molecule has 1 aromatic heterocycles. The van der Waals surface area contributed by atoms with Gasteiger partial charge in [-0.05, 0) is 30.0 Å². The molecule has 17 heavy (non-hydrogen) atoms. The Hall–Kier alpha value is -1.35. The average Bonchev–Trinajstić information content (AvgIpc) is 2.50. The zero-order chi connectivity index (χ0) is 12.8. The van der Waals surface area contributed by atoms with Gasteiger partial charge >= 0.3 is 5.97 Å². The molecule has 0 saturated heterocycles. The number of hydrogen-bond donors (Lipinski definition) is 1. The molecule has 0 atom stereocenters. The third-order valence-corrected chi connectivity index (χ3v) is 4.03. The summed E-state index contributed by atoms with van der Waals surface area (Å²) in [6.45, 7) is 8.26. The van der Waals surface area contributed by atoms with Crippen LogP contribution in [0.5, 0.6) is 0 Å².